The first-order chi connectivity index (χ1) is 49.9. The molecule has 0 unspecified atom stereocenters. The number of ketones is 1. The van der Waals surface area contributed by atoms with Crippen LogP contribution < -0.4 is 0 Å². The number of aryl methyl sites for hydroxylation is 8. The number of aromatic nitrogens is 10. The van der Waals surface area contributed by atoms with Gasteiger partial charge in [-0.3, -0.25) is 24.4 Å². The number of ether oxygens (including phenoxy) is 3. The Kier molecular flexibility index (Phi) is 34.8. The summed E-state index contributed by atoms with van der Waals surface area (Å²) in [6.45, 7) is 23.0. The van der Waals surface area contributed by atoms with Crippen molar-refractivity contribution in [1.29, 1.82) is 0 Å². The number of Topliss-reactive ketones (excluding diaryl/α,β-unsaturated/α-hetero) is 1. The molecule has 0 aliphatic heterocycles. The molecule has 0 aliphatic carbocycles. The maximum absolute atomic E-state index is 12.2. The Bertz CT molecular complexity index is 4400. The zero-order chi connectivity index (χ0) is 75.0. The molecule has 0 fully saturated rings. The molecule has 556 valence electrons. The van der Waals surface area contributed by atoms with Crippen LogP contribution in [0.1, 0.15) is 187 Å². The maximum atomic E-state index is 12.2. The van der Waals surface area contributed by atoms with Crippen LogP contribution in [0.2, 0.25) is 0 Å². The molecule has 0 bridgehead atoms. The van der Waals surface area contributed by atoms with Crippen molar-refractivity contribution in [3.63, 3.8) is 0 Å². The molecule has 10 rings (SSSR count). The van der Waals surface area contributed by atoms with E-state index in [0.717, 1.165) is 186 Å². The fraction of sp³-hybridized carbons (Fsp3) is 0.455. The largest absolute Gasteiger partial charge is 0.461 e. The Hall–Kier alpha value is -9.02. The maximum Gasteiger partial charge on any atom is 0.356 e. The Morgan fingerprint density at radius 3 is 1.06 bits per heavy atom. The van der Waals surface area contributed by atoms with Crippen LogP contribution in [0.15, 0.2) is 103 Å². The van der Waals surface area contributed by atoms with E-state index in [-0.39, 0.29) is 50.7 Å². The molecule has 0 atom stereocenters. The summed E-state index contributed by atoms with van der Waals surface area (Å²) in [5.74, 6) is -1.49. The molecule has 0 radical (unpaired) electrons. The highest BCUT2D eigenvalue weighted by Gasteiger charge is 2.20. The number of rotatable bonds is 33. The molecule has 10 heterocycles. The lowest BCUT2D eigenvalue weighted by molar-refractivity contribution is -0.0760. The minimum atomic E-state index is -0.414. The average Bonchev–Trinajstić information content (AvgIpc) is 1.68. The van der Waals surface area contributed by atoms with Crippen molar-refractivity contribution in [3.8, 4) is 0 Å². The van der Waals surface area contributed by atoms with Crippen molar-refractivity contribution >= 4 is 106 Å². The summed E-state index contributed by atoms with van der Waals surface area (Å²) in [5.41, 5.74) is 11.4. The third-order valence-corrected chi connectivity index (χ3v) is 17.7. The van der Waals surface area contributed by atoms with Crippen LogP contribution in [0.5, 0.6) is 0 Å². The first-order valence-electron chi connectivity index (χ1n) is 35.5. The highest BCUT2D eigenvalue weighted by Crippen LogP contribution is 2.29. The van der Waals surface area contributed by atoms with E-state index < -0.39 is 11.9 Å². The number of fused-ring (bicyclic) bond motifs is 5. The third-order valence-electron chi connectivity index (χ3n) is 17.1. The van der Waals surface area contributed by atoms with Crippen LogP contribution in [0.25, 0.3) is 60.6 Å². The fourth-order valence-electron chi connectivity index (χ4n) is 11.5. The number of nitrogens with zero attached hydrogens (tertiary/aromatic N) is 11. The molecule has 0 aromatic carbocycles. The molecule has 5 N–H and O–H groups in total. The minimum absolute atomic E-state index is 0.0111. The molecule has 1 amide bonds. The van der Waals surface area contributed by atoms with E-state index in [1.807, 2.05) is 24.5 Å². The molecular weight excluding hydrogens is 1380 g/mol. The van der Waals surface area contributed by atoms with Crippen molar-refractivity contribution in [2.75, 3.05) is 67.0 Å². The summed E-state index contributed by atoms with van der Waals surface area (Å²) in [5, 5.41) is 50.8. The number of carbonyl (C=O) groups excluding carboxylic acids is 5. The SMILES string of the molecule is C=Cc1cn(CCCCO)c2cc(C(=O)OCC)ncc12.CCOC(=O)c1cc2c(cn1)c(Br)cn2CCCCO.CCOC(=O)c1cc2c(cn1)c(CC)cn2CCCCO.CCc1cn(CCCCO)c2cc(C(=O)N(C)OC)ncc12.CCc1cn(CCCCO)c2cc(C(C)=O)ncc12. The van der Waals surface area contributed by atoms with E-state index in [2.05, 4.69) is 110 Å². The molecular formula is C77H102BrN11O14. The first-order valence-corrected chi connectivity index (χ1v) is 36.2. The van der Waals surface area contributed by atoms with Gasteiger partial charge >= 0.3 is 17.9 Å². The standard InChI is InChI=1S/C16H23N3O3.C16H22N2O3.C16H20N2O3.C15H20N2O2.C14H17BrN2O3/c1-4-12-11-19(7-5-6-8-20)15-9-14(17-10-13(12)15)16(21)18(2)22-3;2*1-3-12-11-18(7-5-6-8-19)15-9-14(16(20)21-4-2)17-10-13(12)15;1-3-12-10-17(6-4-5-7-18)15-8-14(11(2)19)16-9-13(12)15;1-2-20-14(19)12-7-13-10(8-16-12)11(15)9-17(13)5-3-4-6-18/h9-11,20H,4-8H2,1-3H3;9-11,19H,3-8H2,1-2H3;3,9-11,19H,1,4-8H2,2H3;8-10,18H,3-7H2,1-2H3;7-9,18H,2-6H2,1H3. The van der Waals surface area contributed by atoms with Crippen LogP contribution in [-0.2, 0) is 71.0 Å². The van der Waals surface area contributed by atoms with Gasteiger partial charge in [0.2, 0.25) is 0 Å². The van der Waals surface area contributed by atoms with Crippen molar-refractivity contribution < 1.29 is 68.6 Å². The molecule has 0 spiro atoms. The van der Waals surface area contributed by atoms with Crippen LogP contribution >= 0.6 is 15.9 Å². The summed E-state index contributed by atoms with van der Waals surface area (Å²) >= 11 is 3.49. The number of carbonyl (C=O) groups is 5. The predicted octanol–water partition coefficient (Wildman–Crippen LogP) is 12.5. The van der Waals surface area contributed by atoms with E-state index in [9.17, 15) is 24.0 Å². The first kappa shape index (κ1) is 82.9. The molecule has 0 saturated carbocycles. The van der Waals surface area contributed by atoms with Gasteiger partial charge in [-0.1, -0.05) is 33.4 Å². The summed E-state index contributed by atoms with van der Waals surface area (Å²) in [6, 6.07) is 8.98. The predicted molar refractivity (Wildman–Crippen MR) is 403 cm³/mol. The van der Waals surface area contributed by atoms with E-state index in [0.29, 0.717) is 48.3 Å². The summed E-state index contributed by atoms with van der Waals surface area (Å²) in [4.78, 5) is 84.9. The topological polar surface area (TPSA) is 316 Å². The number of hydroxylamine groups is 2. The number of hydrogen-bond acceptors (Lipinski definition) is 19. The van der Waals surface area contributed by atoms with Crippen LogP contribution in [-0.4, -0.2) is 175 Å². The number of unbranched alkanes of at least 4 members (excludes halogenated alkanes) is 5. The van der Waals surface area contributed by atoms with Gasteiger partial charge in [0, 0.05) is 179 Å². The molecule has 0 saturated heterocycles. The molecule has 10 aromatic rings. The second-order valence-electron chi connectivity index (χ2n) is 24.0. The Balaban J connectivity index is 0.000000202. The van der Waals surface area contributed by atoms with Crippen molar-refractivity contribution in [2.45, 2.75) is 165 Å². The number of amides is 1. The van der Waals surface area contributed by atoms with Crippen molar-refractivity contribution in [1.82, 2.24) is 52.8 Å². The van der Waals surface area contributed by atoms with E-state index in [1.165, 1.54) is 30.7 Å². The lowest BCUT2D eigenvalue weighted by Gasteiger charge is -2.13. The Labute approximate surface area is 610 Å². The second kappa shape index (κ2) is 43.2. The Morgan fingerprint density at radius 1 is 0.437 bits per heavy atom. The zero-order valence-electron chi connectivity index (χ0n) is 61.0. The zero-order valence-corrected chi connectivity index (χ0v) is 62.6. The van der Waals surface area contributed by atoms with Crippen LogP contribution in [0, 0.1) is 0 Å². The number of aliphatic hydroxyl groups is 5. The minimum Gasteiger partial charge on any atom is -0.461 e. The highest BCUT2D eigenvalue weighted by molar-refractivity contribution is 9.10. The molecule has 25 nitrogen and oxygen atoms in total. The monoisotopic (exact) mass is 1480 g/mol. The second-order valence-corrected chi connectivity index (χ2v) is 24.9. The molecule has 0 aliphatic rings. The van der Waals surface area contributed by atoms with Gasteiger partial charge in [-0.2, -0.15) is 0 Å². The fourth-order valence-corrected chi connectivity index (χ4v) is 12.1. The Morgan fingerprint density at radius 2 is 0.728 bits per heavy atom. The molecule has 103 heavy (non-hydrogen) atoms. The lowest BCUT2D eigenvalue weighted by atomic mass is 10.1. The lowest BCUT2D eigenvalue weighted by Crippen LogP contribution is -2.26. The van der Waals surface area contributed by atoms with Gasteiger partial charge in [-0.15, -0.1) is 0 Å². The molecule has 10 aromatic heterocycles. The van der Waals surface area contributed by atoms with Gasteiger partial charge in [-0.05, 0) is 167 Å². The summed E-state index contributed by atoms with van der Waals surface area (Å²) in [7, 11) is 3.01. The van der Waals surface area contributed by atoms with Gasteiger partial charge in [0.15, 0.2) is 5.78 Å². The van der Waals surface area contributed by atoms with Gasteiger partial charge < -0.3 is 62.6 Å². The third kappa shape index (κ3) is 22.7. The van der Waals surface area contributed by atoms with Crippen molar-refractivity contribution in [3.05, 3.63) is 154 Å². The number of hydrogen-bond donors (Lipinski definition) is 5. The van der Waals surface area contributed by atoms with E-state index >= 15 is 0 Å². The normalized spacial score (nSPS) is 11.0. The number of esters is 3. The quantitative estimate of drug-likeness (QED) is 0.00839. The number of pyridine rings is 5. The number of aliphatic hydroxyl groups excluding tert-OH is 5. The molecule has 26 heteroatoms. The van der Waals surface area contributed by atoms with Gasteiger partial charge in [0.25, 0.3) is 5.91 Å². The number of halogens is 1. The average molecular weight is 1490 g/mol. The van der Waals surface area contributed by atoms with Gasteiger partial charge in [0.05, 0.1) is 54.5 Å². The van der Waals surface area contributed by atoms with Crippen LogP contribution in [0.3, 0.4) is 0 Å². The van der Waals surface area contributed by atoms with E-state index in [1.54, 1.807) is 83.1 Å². The van der Waals surface area contributed by atoms with Gasteiger partial charge in [0.1, 0.15) is 28.5 Å². The summed E-state index contributed by atoms with van der Waals surface area (Å²) in [6.07, 6.45) is 31.9. The van der Waals surface area contributed by atoms with Crippen LogP contribution in [0.4, 0.5) is 0 Å². The smallest absolute Gasteiger partial charge is 0.356 e. The highest BCUT2D eigenvalue weighted by atomic mass is 79.9. The van der Waals surface area contributed by atoms with Gasteiger partial charge in [-0.25, -0.2) is 34.4 Å². The summed E-state index contributed by atoms with van der Waals surface area (Å²) < 4.78 is 26.4. The van der Waals surface area contributed by atoms with E-state index in [4.69, 9.17) is 44.6 Å². The van der Waals surface area contributed by atoms with Crippen molar-refractivity contribution in [2.24, 2.45) is 0 Å².